The highest BCUT2D eigenvalue weighted by atomic mass is 19.4. The van der Waals surface area contributed by atoms with Crippen LogP contribution in [0.4, 0.5) is 13.2 Å². The van der Waals surface area contributed by atoms with Gasteiger partial charge in [0.25, 0.3) is 0 Å². The zero-order chi connectivity index (χ0) is 17.0. The van der Waals surface area contributed by atoms with Crippen LogP contribution in [0.25, 0.3) is 0 Å². The van der Waals surface area contributed by atoms with Crippen molar-refractivity contribution in [2.75, 3.05) is 13.7 Å². The fourth-order valence-corrected chi connectivity index (χ4v) is 2.22. The number of alkyl halides is 3. The molecule has 2 rings (SSSR count). The zero-order valence-corrected chi connectivity index (χ0v) is 13.3. The van der Waals surface area contributed by atoms with E-state index in [4.69, 9.17) is 4.52 Å². The molecule has 0 aliphatic rings. The maximum absolute atomic E-state index is 12.1. The summed E-state index contributed by atoms with van der Waals surface area (Å²) < 4.78 is 46.1. The van der Waals surface area contributed by atoms with Gasteiger partial charge in [-0.2, -0.15) is 13.2 Å². The minimum Gasteiger partial charge on any atom is -0.484 e. The Labute approximate surface area is 132 Å². The quantitative estimate of drug-likeness (QED) is 0.807. The van der Waals surface area contributed by atoms with Gasteiger partial charge in [-0.1, -0.05) is 17.3 Å². The van der Waals surface area contributed by atoms with Gasteiger partial charge in [-0.3, -0.25) is 4.90 Å². The van der Waals surface area contributed by atoms with Crippen molar-refractivity contribution in [3.63, 3.8) is 0 Å². The molecule has 0 atom stereocenters. The first-order chi connectivity index (χ1) is 10.7. The molecule has 126 valence electrons. The summed E-state index contributed by atoms with van der Waals surface area (Å²) in [4.78, 5) is 2.08. The van der Waals surface area contributed by atoms with Crippen molar-refractivity contribution in [1.82, 2.24) is 10.1 Å². The van der Waals surface area contributed by atoms with Gasteiger partial charge in [0, 0.05) is 18.7 Å². The Kier molecular flexibility index (Phi) is 5.30. The van der Waals surface area contributed by atoms with E-state index in [1.54, 1.807) is 24.3 Å². The fraction of sp³-hybridized carbons (Fsp3) is 0.438. The highest BCUT2D eigenvalue weighted by Crippen LogP contribution is 2.20. The Bertz CT molecular complexity index is 616. The Morgan fingerprint density at radius 2 is 1.78 bits per heavy atom. The van der Waals surface area contributed by atoms with Gasteiger partial charge < -0.3 is 9.26 Å². The van der Waals surface area contributed by atoms with E-state index >= 15 is 0 Å². The van der Waals surface area contributed by atoms with E-state index in [2.05, 4.69) is 14.8 Å². The van der Waals surface area contributed by atoms with Crippen molar-refractivity contribution in [3.05, 3.63) is 46.8 Å². The number of aryl methyl sites for hydroxylation is 2. The maximum atomic E-state index is 12.1. The second kappa shape index (κ2) is 7.04. The lowest BCUT2D eigenvalue weighted by Crippen LogP contribution is -2.19. The SMILES string of the molecule is Cc1noc(C)c1CN(C)Cc1ccc(OCC(F)(F)F)cc1. The molecule has 0 amide bonds. The summed E-state index contributed by atoms with van der Waals surface area (Å²) in [6.45, 7) is 3.83. The van der Waals surface area contributed by atoms with Crippen molar-refractivity contribution >= 4 is 0 Å². The van der Waals surface area contributed by atoms with Gasteiger partial charge in [0.2, 0.25) is 0 Å². The monoisotopic (exact) mass is 328 g/mol. The standard InChI is InChI=1S/C16H19F3N2O2/c1-11-15(12(2)23-20-11)9-21(3)8-13-4-6-14(7-5-13)22-10-16(17,18)19/h4-7H,8-10H2,1-3H3. The van der Waals surface area contributed by atoms with Gasteiger partial charge in [0.05, 0.1) is 5.69 Å². The molecule has 0 bridgehead atoms. The number of rotatable bonds is 6. The van der Waals surface area contributed by atoms with Gasteiger partial charge >= 0.3 is 6.18 Å². The third-order valence-corrected chi connectivity index (χ3v) is 3.39. The number of hydrogen-bond donors (Lipinski definition) is 0. The minimum absolute atomic E-state index is 0.208. The molecule has 0 saturated heterocycles. The van der Waals surface area contributed by atoms with Crippen molar-refractivity contribution < 1.29 is 22.4 Å². The first kappa shape index (κ1) is 17.3. The molecule has 2 aromatic rings. The first-order valence-corrected chi connectivity index (χ1v) is 7.13. The molecule has 1 aromatic heterocycles. The van der Waals surface area contributed by atoms with Crippen LogP contribution in [0.5, 0.6) is 5.75 Å². The van der Waals surface area contributed by atoms with Crippen molar-refractivity contribution in [3.8, 4) is 5.75 Å². The van der Waals surface area contributed by atoms with Crippen LogP contribution < -0.4 is 4.74 Å². The minimum atomic E-state index is -4.33. The number of aromatic nitrogens is 1. The van der Waals surface area contributed by atoms with Crippen LogP contribution in [-0.4, -0.2) is 29.9 Å². The Balaban J connectivity index is 1.90. The fourth-order valence-electron chi connectivity index (χ4n) is 2.22. The van der Waals surface area contributed by atoms with E-state index in [1.165, 1.54) is 0 Å². The van der Waals surface area contributed by atoms with Gasteiger partial charge in [-0.25, -0.2) is 0 Å². The number of benzene rings is 1. The van der Waals surface area contributed by atoms with Crippen LogP contribution >= 0.6 is 0 Å². The number of nitrogens with zero attached hydrogens (tertiary/aromatic N) is 2. The molecule has 0 saturated carbocycles. The van der Waals surface area contributed by atoms with Crippen LogP contribution in [0.1, 0.15) is 22.6 Å². The Morgan fingerprint density at radius 3 is 2.30 bits per heavy atom. The summed E-state index contributed by atoms with van der Waals surface area (Å²) in [6.07, 6.45) is -4.33. The molecular formula is C16H19F3N2O2. The average molecular weight is 328 g/mol. The molecule has 23 heavy (non-hydrogen) atoms. The molecule has 1 heterocycles. The van der Waals surface area contributed by atoms with Crippen LogP contribution in [-0.2, 0) is 13.1 Å². The van der Waals surface area contributed by atoms with Crippen molar-refractivity contribution in [2.24, 2.45) is 0 Å². The highest BCUT2D eigenvalue weighted by molar-refractivity contribution is 5.27. The summed E-state index contributed by atoms with van der Waals surface area (Å²) >= 11 is 0. The molecule has 0 N–H and O–H groups in total. The van der Waals surface area contributed by atoms with Crippen LogP contribution in [0, 0.1) is 13.8 Å². The smallest absolute Gasteiger partial charge is 0.422 e. The number of hydrogen-bond acceptors (Lipinski definition) is 4. The van der Waals surface area contributed by atoms with E-state index in [0.29, 0.717) is 13.1 Å². The van der Waals surface area contributed by atoms with Crippen molar-refractivity contribution in [2.45, 2.75) is 33.1 Å². The number of ether oxygens (including phenoxy) is 1. The van der Waals surface area contributed by atoms with Crippen LogP contribution in [0.15, 0.2) is 28.8 Å². The molecule has 0 aliphatic carbocycles. The number of halogens is 3. The van der Waals surface area contributed by atoms with E-state index in [9.17, 15) is 13.2 Å². The lowest BCUT2D eigenvalue weighted by atomic mass is 10.1. The van der Waals surface area contributed by atoms with Crippen LogP contribution in [0.2, 0.25) is 0 Å². The molecule has 7 heteroatoms. The molecule has 4 nitrogen and oxygen atoms in total. The third kappa shape index (κ3) is 5.28. The van der Waals surface area contributed by atoms with Crippen LogP contribution in [0.3, 0.4) is 0 Å². The summed E-state index contributed by atoms with van der Waals surface area (Å²) in [5.74, 6) is 1.00. The van der Waals surface area contributed by atoms with Gasteiger partial charge in [0.1, 0.15) is 11.5 Å². The third-order valence-electron chi connectivity index (χ3n) is 3.39. The molecule has 1 aromatic carbocycles. The lowest BCUT2D eigenvalue weighted by Gasteiger charge is -2.17. The highest BCUT2D eigenvalue weighted by Gasteiger charge is 2.28. The van der Waals surface area contributed by atoms with Crippen molar-refractivity contribution in [1.29, 1.82) is 0 Å². The molecule has 0 spiro atoms. The molecule has 0 fully saturated rings. The normalized spacial score (nSPS) is 12.0. The van der Waals surface area contributed by atoms with Gasteiger partial charge in [-0.15, -0.1) is 0 Å². The van der Waals surface area contributed by atoms with E-state index in [0.717, 1.165) is 22.6 Å². The summed E-state index contributed by atoms with van der Waals surface area (Å²) in [5, 5.41) is 3.92. The zero-order valence-electron chi connectivity index (χ0n) is 13.3. The second-order valence-corrected chi connectivity index (χ2v) is 5.52. The Morgan fingerprint density at radius 1 is 1.13 bits per heavy atom. The average Bonchev–Trinajstić information content (AvgIpc) is 2.77. The molecule has 0 radical (unpaired) electrons. The van der Waals surface area contributed by atoms with E-state index in [-0.39, 0.29) is 5.75 Å². The largest absolute Gasteiger partial charge is 0.484 e. The molecule has 0 aliphatic heterocycles. The molecular weight excluding hydrogens is 309 g/mol. The topological polar surface area (TPSA) is 38.5 Å². The summed E-state index contributed by atoms with van der Waals surface area (Å²) in [5.41, 5.74) is 2.90. The van der Waals surface area contributed by atoms with E-state index in [1.807, 2.05) is 20.9 Å². The summed E-state index contributed by atoms with van der Waals surface area (Å²) in [6, 6.07) is 6.61. The van der Waals surface area contributed by atoms with E-state index < -0.39 is 12.8 Å². The second-order valence-electron chi connectivity index (χ2n) is 5.52. The first-order valence-electron chi connectivity index (χ1n) is 7.13. The predicted molar refractivity (Wildman–Crippen MR) is 79.1 cm³/mol. The summed E-state index contributed by atoms with van der Waals surface area (Å²) in [7, 11) is 1.96. The van der Waals surface area contributed by atoms with Gasteiger partial charge in [-0.05, 0) is 38.6 Å². The molecule has 0 unspecified atom stereocenters. The predicted octanol–water partition coefficient (Wildman–Crippen LogP) is 3.86. The maximum Gasteiger partial charge on any atom is 0.422 e. The Hall–Kier alpha value is -2.02. The van der Waals surface area contributed by atoms with Gasteiger partial charge in [0.15, 0.2) is 6.61 Å². The lowest BCUT2D eigenvalue weighted by molar-refractivity contribution is -0.153.